The van der Waals surface area contributed by atoms with Crippen molar-refractivity contribution in [3.8, 4) is 0 Å². The Hall–Kier alpha value is -0.455. The minimum Gasteiger partial charge on any atom is -0.120 e. The van der Waals surface area contributed by atoms with Crippen molar-refractivity contribution in [1.29, 1.82) is 0 Å². The summed E-state index contributed by atoms with van der Waals surface area (Å²) in [7, 11) is 6.14. The molecule has 0 aliphatic rings. The van der Waals surface area contributed by atoms with Crippen molar-refractivity contribution in [2.75, 3.05) is 0 Å². The predicted molar refractivity (Wildman–Crippen MR) is 80.3 cm³/mol. The highest BCUT2D eigenvalue weighted by Gasteiger charge is 2.36. The number of allylic oxidation sites excluding steroid dienone is 3. The zero-order valence-electron chi connectivity index (χ0n) is 13.1. The van der Waals surface area contributed by atoms with Crippen LogP contribution in [-0.4, -0.2) is 7.85 Å². The highest BCUT2D eigenvalue weighted by molar-refractivity contribution is 6.21. The Morgan fingerprint density at radius 1 is 1.06 bits per heavy atom. The fraction of sp³-hybridized carbons (Fsp3) is 0.750. The maximum absolute atomic E-state index is 6.14. The first-order valence-corrected chi connectivity index (χ1v) is 6.44. The van der Waals surface area contributed by atoms with E-state index in [4.69, 9.17) is 7.85 Å². The average molecular weight is 232 g/mol. The second-order valence-electron chi connectivity index (χ2n) is 7.67. The molecule has 0 aromatic heterocycles. The highest BCUT2D eigenvalue weighted by Crippen LogP contribution is 2.48. The molecule has 0 amide bonds. The van der Waals surface area contributed by atoms with Gasteiger partial charge in [0, 0.05) is 5.41 Å². The lowest BCUT2D eigenvalue weighted by Gasteiger charge is -2.42. The molecule has 0 bridgehead atoms. The van der Waals surface area contributed by atoms with Crippen LogP contribution in [0.4, 0.5) is 0 Å². The second kappa shape index (κ2) is 5.04. The molecule has 17 heavy (non-hydrogen) atoms. The first-order chi connectivity index (χ1) is 7.33. The molecule has 1 atom stereocenters. The van der Waals surface area contributed by atoms with E-state index in [1.807, 2.05) is 6.92 Å². The third-order valence-electron chi connectivity index (χ3n) is 3.06. The maximum atomic E-state index is 6.14. The summed E-state index contributed by atoms with van der Waals surface area (Å²) in [6.07, 6.45) is 3.12. The van der Waals surface area contributed by atoms with Crippen LogP contribution >= 0.6 is 0 Å². The summed E-state index contributed by atoms with van der Waals surface area (Å²) in [5.74, 6) is 0. The molecule has 0 saturated heterocycles. The lowest BCUT2D eigenvalue weighted by atomic mass is 9.60. The minimum atomic E-state index is -0.0324. The predicted octanol–water partition coefficient (Wildman–Crippen LogP) is 5.10. The van der Waals surface area contributed by atoms with E-state index in [2.05, 4.69) is 61.1 Å². The van der Waals surface area contributed by atoms with Crippen LogP contribution in [0.15, 0.2) is 23.7 Å². The van der Waals surface area contributed by atoms with Crippen LogP contribution in [0, 0.1) is 16.2 Å². The molecule has 0 spiro atoms. The molecular formula is C16H29B. The van der Waals surface area contributed by atoms with Crippen LogP contribution < -0.4 is 0 Å². The van der Waals surface area contributed by atoms with E-state index in [1.54, 1.807) is 0 Å². The monoisotopic (exact) mass is 232 g/mol. The van der Waals surface area contributed by atoms with Crippen LogP contribution in [0.25, 0.3) is 0 Å². The van der Waals surface area contributed by atoms with Crippen molar-refractivity contribution >= 4 is 7.85 Å². The van der Waals surface area contributed by atoms with Crippen molar-refractivity contribution < 1.29 is 0 Å². The van der Waals surface area contributed by atoms with E-state index in [9.17, 15) is 0 Å². The van der Waals surface area contributed by atoms with Gasteiger partial charge in [0.2, 0.25) is 0 Å². The van der Waals surface area contributed by atoms with E-state index < -0.39 is 0 Å². The molecule has 96 valence electrons. The lowest BCUT2D eigenvalue weighted by Crippen LogP contribution is -2.31. The van der Waals surface area contributed by atoms with Gasteiger partial charge < -0.3 is 0 Å². The summed E-state index contributed by atoms with van der Waals surface area (Å²) in [5, 5.41) is 0. The van der Waals surface area contributed by atoms with Gasteiger partial charge in [-0.15, -0.1) is 12.1 Å². The van der Waals surface area contributed by atoms with Gasteiger partial charge in [-0.05, 0) is 17.3 Å². The summed E-state index contributed by atoms with van der Waals surface area (Å²) in [4.78, 5) is 0. The Balaban J connectivity index is 5.65. The average Bonchev–Trinajstić information content (AvgIpc) is 1.96. The van der Waals surface area contributed by atoms with Crippen LogP contribution in [0.1, 0.15) is 61.8 Å². The van der Waals surface area contributed by atoms with Gasteiger partial charge in [-0.1, -0.05) is 67.0 Å². The van der Waals surface area contributed by atoms with Crippen LogP contribution in [0.2, 0.25) is 0 Å². The molecule has 0 aromatic carbocycles. The van der Waals surface area contributed by atoms with Gasteiger partial charge in [0.15, 0.2) is 0 Å². The molecule has 0 nitrogen and oxygen atoms in total. The summed E-state index contributed by atoms with van der Waals surface area (Å²) >= 11 is 0. The van der Waals surface area contributed by atoms with Gasteiger partial charge in [0.05, 0.1) is 0 Å². The highest BCUT2D eigenvalue weighted by atomic mass is 14.4. The second-order valence-corrected chi connectivity index (χ2v) is 7.67. The molecule has 0 aliphatic carbocycles. The van der Waals surface area contributed by atoms with Crippen LogP contribution in [-0.2, 0) is 0 Å². The zero-order valence-corrected chi connectivity index (χ0v) is 13.1. The van der Waals surface area contributed by atoms with E-state index in [0.717, 1.165) is 11.9 Å². The number of hydrogen-bond acceptors (Lipinski definition) is 0. The standard InChI is InChI=1S/C16H29B/c1-10-16(9,11-14(3,4)5)13(12(2)17)15(6,7)8/h10H,1,11H2,2-9H3/b13-12-. The van der Waals surface area contributed by atoms with E-state index in [1.165, 1.54) is 5.57 Å². The Morgan fingerprint density at radius 3 is 1.65 bits per heavy atom. The first kappa shape index (κ1) is 16.5. The molecule has 0 saturated carbocycles. The Kier molecular flexibility index (Phi) is 4.90. The molecule has 0 aromatic rings. The van der Waals surface area contributed by atoms with Gasteiger partial charge in [0.1, 0.15) is 7.85 Å². The molecule has 0 N–H and O–H groups in total. The van der Waals surface area contributed by atoms with Crippen molar-refractivity contribution in [3.63, 3.8) is 0 Å². The topological polar surface area (TPSA) is 0 Å². The van der Waals surface area contributed by atoms with Crippen LogP contribution in [0.3, 0.4) is 0 Å². The van der Waals surface area contributed by atoms with Crippen molar-refractivity contribution in [2.45, 2.75) is 61.8 Å². The molecule has 0 fully saturated rings. The zero-order chi connectivity index (χ0) is 14.1. The Labute approximate surface area is 110 Å². The van der Waals surface area contributed by atoms with Gasteiger partial charge in [-0.2, -0.15) is 0 Å². The Bertz CT molecular complexity index is 305. The number of hydrogen-bond donors (Lipinski definition) is 0. The first-order valence-electron chi connectivity index (χ1n) is 6.44. The molecule has 0 heterocycles. The number of rotatable bonds is 3. The maximum Gasteiger partial charge on any atom is 0.107 e. The third-order valence-corrected chi connectivity index (χ3v) is 3.06. The van der Waals surface area contributed by atoms with Crippen LogP contribution in [0.5, 0.6) is 0 Å². The SMILES string of the molecule is [B]/C(C)=C(/C(C)(C)C)C(C)(C=C)CC(C)(C)C. The fourth-order valence-electron chi connectivity index (χ4n) is 3.26. The summed E-state index contributed by atoms with van der Waals surface area (Å²) in [6.45, 7) is 21.8. The minimum absolute atomic E-state index is 0.0324. The van der Waals surface area contributed by atoms with Gasteiger partial charge in [-0.3, -0.25) is 0 Å². The molecule has 1 heteroatoms. The van der Waals surface area contributed by atoms with Crippen molar-refractivity contribution in [3.05, 3.63) is 23.7 Å². The summed E-state index contributed by atoms with van der Waals surface area (Å²) < 4.78 is 0. The van der Waals surface area contributed by atoms with Gasteiger partial charge in [-0.25, -0.2) is 0 Å². The molecule has 0 rings (SSSR count). The largest absolute Gasteiger partial charge is 0.120 e. The Morgan fingerprint density at radius 2 is 1.47 bits per heavy atom. The van der Waals surface area contributed by atoms with E-state index in [0.29, 0.717) is 0 Å². The smallest absolute Gasteiger partial charge is 0.107 e. The van der Waals surface area contributed by atoms with Gasteiger partial charge >= 0.3 is 0 Å². The fourth-order valence-corrected chi connectivity index (χ4v) is 3.26. The lowest BCUT2D eigenvalue weighted by molar-refractivity contribution is 0.244. The summed E-state index contributed by atoms with van der Waals surface area (Å²) in [6, 6.07) is 0. The van der Waals surface area contributed by atoms with E-state index in [-0.39, 0.29) is 16.2 Å². The molecule has 0 aliphatic heterocycles. The quantitative estimate of drug-likeness (QED) is 0.469. The normalized spacial score (nSPS) is 18.4. The molecule has 2 radical (unpaired) electrons. The summed E-state index contributed by atoms with van der Waals surface area (Å²) in [5.41, 5.74) is 2.55. The van der Waals surface area contributed by atoms with Crippen molar-refractivity contribution in [1.82, 2.24) is 0 Å². The van der Waals surface area contributed by atoms with E-state index >= 15 is 0 Å². The van der Waals surface area contributed by atoms with Crippen molar-refractivity contribution in [2.24, 2.45) is 16.2 Å². The van der Waals surface area contributed by atoms with Gasteiger partial charge in [0.25, 0.3) is 0 Å². The molecular weight excluding hydrogens is 203 g/mol. The molecule has 1 unspecified atom stereocenters. The third kappa shape index (κ3) is 4.73.